The second-order valence-corrected chi connectivity index (χ2v) is 11.3. The van der Waals surface area contributed by atoms with Crippen LogP contribution in [0.5, 0.6) is 0 Å². The third-order valence-electron chi connectivity index (χ3n) is 6.37. The van der Waals surface area contributed by atoms with Crippen LogP contribution < -0.4 is 10.6 Å². The SMILES string of the molecule is Cc1cc(-c2ccc(C3CCNCC3)c(F)c2)sc1C(=O)N1CC[C@H](NC(=O)OC(C)(C)C)C1. The minimum absolute atomic E-state index is 0.0472. The lowest BCUT2D eigenvalue weighted by Crippen LogP contribution is -2.41. The van der Waals surface area contributed by atoms with Gasteiger partial charge in [-0.3, -0.25) is 4.79 Å². The number of carbonyl (C=O) groups excluding carboxylic acids is 2. The van der Waals surface area contributed by atoms with E-state index in [1.165, 1.54) is 11.3 Å². The highest BCUT2D eigenvalue weighted by Gasteiger charge is 2.31. The standard InChI is InChI=1S/C26H34FN3O3S/c1-16-13-22(18-5-6-20(21(27)14-18)17-7-10-28-11-8-17)34-23(16)24(31)30-12-9-19(15-30)29-25(32)33-26(2,3)4/h5-6,13-14,17,19,28H,7-12,15H2,1-4H3,(H,29,32)/t19-/m0/s1. The zero-order chi connectivity index (χ0) is 24.5. The minimum Gasteiger partial charge on any atom is -0.444 e. The molecule has 0 unspecified atom stereocenters. The van der Waals surface area contributed by atoms with Gasteiger partial charge in [0.05, 0.1) is 10.9 Å². The molecule has 1 aromatic carbocycles. The first-order valence-corrected chi connectivity index (χ1v) is 12.8. The van der Waals surface area contributed by atoms with Gasteiger partial charge in [0.25, 0.3) is 5.91 Å². The van der Waals surface area contributed by atoms with Gasteiger partial charge in [0.1, 0.15) is 11.4 Å². The topological polar surface area (TPSA) is 70.7 Å². The Kier molecular flexibility index (Phi) is 7.28. The van der Waals surface area contributed by atoms with E-state index in [9.17, 15) is 14.0 Å². The quantitative estimate of drug-likeness (QED) is 0.632. The summed E-state index contributed by atoms with van der Waals surface area (Å²) in [7, 11) is 0. The second-order valence-electron chi connectivity index (χ2n) is 10.3. The number of thiophene rings is 1. The Balaban J connectivity index is 1.42. The predicted molar refractivity (Wildman–Crippen MR) is 133 cm³/mol. The zero-order valence-corrected chi connectivity index (χ0v) is 21.2. The van der Waals surface area contributed by atoms with E-state index in [1.54, 1.807) is 11.0 Å². The van der Waals surface area contributed by atoms with Crippen LogP contribution in [0, 0.1) is 12.7 Å². The molecule has 2 N–H and O–H groups in total. The Hall–Kier alpha value is -2.45. The number of ether oxygens (including phenoxy) is 1. The molecule has 2 aliphatic rings. The van der Waals surface area contributed by atoms with Crippen molar-refractivity contribution in [3.8, 4) is 10.4 Å². The maximum absolute atomic E-state index is 14.9. The molecule has 2 fully saturated rings. The van der Waals surface area contributed by atoms with Crippen molar-refractivity contribution >= 4 is 23.3 Å². The van der Waals surface area contributed by atoms with Crippen molar-refractivity contribution in [1.82, 2.24) is 15.5 Å². The number of likely N-dealkylation sites (tertiary alicyclic amines) is 1. The molecule has 2 aliphatic heterocycles. The summed E-state index contributed by atoms with van der Waals surface area (Å²) in [5.41, 5.74) is 1.91. The van der Waals surface area contributed by atoms with Gasteiger partial charge in [-0.15, -0.1) is 11.3 Å². The third-order valence-corrected chi connectivity index (χ3v) is 7.65. The second kappa shape index (κ2) is 10.0. The Morgan fingerprint density at radius 3 is 2.59 bits per heavy atom. The number of alkyl carbamates (subject to hydrolysis) is 1. The van der Waals surface area contributed by atoms with E-state index in [4.69, 9.17) is 4.74 Å². The van der Waals surface area contributed by atoms with Gasteiger partial charge >= 0.3 is 6.09 Å². The Morgan fingerprint density at radius 2 is 1.91 bits per heavy atom. The number of rotatable bonds is 4. The molecule has 1 atom stereocenters. The summed E-state index contributed by atoms with van der Waals surface area (Å²) in [5, 5.41) is 6.18. The van der Waals surface area contributed by atoms with Crippen LogP contribution in [-0.4, -0.2) is 54.7 Å². The van der Waals surface area contributed by atoms with E-state index in [0.717, 1.165) is 47.5 Å². The van der Waals surface area contributed by atoms with Gasteiger partial charge < -0.3 is 20.3 Å². The molecule has 8 heteroatoms. The average Bonchev–Trinajstić information content (AvgIpc) is 3.39. The molecule has 6 nitrogen and oxygen atoms in total. The molecule has 0 aliphatic carbocycles. The largest absolute Gasteiger partial charge is 0.444 e. The smallest absolute Gasteiger partial charge is 0.407 e. The lowest BCUT2D eigenvalue weighted by Gasteiger charge is -2.23. The molecule has 1 aromatic heterocycles. The van der Waals surface area contributed by atoms with Gasteiger partial charge in [-0.05, 0) is 94.8 Å². The van der Waals surface area contributed by atoms with Crippen molar-refractivity contribution in [2.75, 3.05) is 26.2 Å². The summed E-state index contributed by atoms with van der Waals surface area (Å²) >= 11 is 1.40. The van der Waals surface area contributed by atoms with E-state index in [-0.39, 0.29) is 23.7 Å². The van der Waals surface area contributed by atoms with Gasteiger partial charge in [-0.25, -0.2) is 9.18 Å². The number of hydrogen-bond donors (Lipinski definition) is 2. The highest BCUT2D eigenvalue weighted by Crippen LogP contribution is 2.35. The van der Waals surface area contributed by atoms with Crippen molar-refractivity contribution in [3.05, 3.63) is 46.1 Å². The van der Waals surface area contributed by atoms with Crippen LogP contribution >= 0.6 is 11.3 Å². The highest BCUT2D eigenvalue weighted by molar-refractivity contribution is 7.17. The molecule has 0 bridgehead atoms. The first kappa shape index (κ1) is 24.7. The fourth-order valence-corrected chi connectivity index (χ4v) is 5.80. The number of hydrogen-bond acceptors (Lipinski definition) is 5. The average molecular weight is 488 g/mol. The lowest BCUT2D eigenvalue weighted by molar-refractivity contribution is 0.0502. The zero-order valence-electron chi connectivity index (χ0n) is 20.4. The molecule has 0 saturated carbocycles. The van der Waals surface area contributed by atoms with Gasteiger partial charge in [0.15, 0.2) is 0 Å². The van der Waals surface area contributed by atoms with Crippen LogP contribution in [0.2, 0.25) is 0 Å². The Labute approximate surface area is 204 Å². The van der Waals surface area contributed by atoms with Crippen LogP contribution in [0.1, 0.15) is 66.8 Å². The number of nitrogens with zero attached hydrogens (tertiary/aromatic N) is 1. The summed E-state index contributed by atoms with van der Waals surface area (Å²) in [6, 6.07) is 7.31. The monoisotopic (exact) mass is 487 g/mol. The fraction of sp³-hybridized carbons (Fsp3) is 0.538. The van der Waals surface area contributed by atoms with E-state index in [2.05, 4.69) is 10.6 Å². The van der Waals surface area contributed by atoms with E-state index in [0.29, 0.717) is 24.4 Å². The molecular formula is C26H34FN3O3S. The molecule has 0 spiro atoms. The van der Waals surface area contributed by atoms with E-state index in [1.807, 2.05) is 45.9 Å². The number of halogens is 1. The molecule has 34 heavy (non-hydrogen) atoms. The fourth-order valence-electron chi connectivity index (χ4n) is 4.66. The maximum atomic E-state index is 14.9. The Bertz CT molecular complexity index is 1060. The summed E-state index contributed by atoms with van der Waals surface area (Å²) in [6.45, 7) is 10.2. The summed E-state index contributed by atoms with van der Waals surface area (Å²) in [5.74, 6) is 0.0443. The molecular weight excluding hydrogens is 453 g/mol. The first-order chi connectivity index (χ1) is 16.1. The van der Waals surface area contributed by atoms with Crippen LogP contribution in [-0.2, 0) is 4.74 Å². The van der Waals surface area contributed by atoms with Gasteiger partial charge in [0.2, 0.25) is 0 Å². The van der Waals surface area contributed by atoms with Crippen molar-refractivity contribution in [3.63, 3.8) is 0 Å². The molecule has 2 aromatic rings. The number of amides is 2. The summed E-state index contributed by atoms with van der Waals surface area (Å²) < 4.78 is 20.3. The van der Waals surface area contributed by atoms with E-state index >= 15 is 0 Å². The normalized spacial score (nSPS) is 19.3. The molecule has 4 rings (SSSR count). The van der Waals surface area contributed by atoms with Gasteiger partial charge in [-0.2, -0.15) is 0 Å². The van der Waals surface area contributed by atoms with Crippen molar-refractivity contribution < 1.29 is 18.7 Å². The van der Waals surface area contributed by atoms with Crippen LogP contribution in [0.25, 0.3) is 10.4 Å². The van der Waals surface area contributed by atoms with Crippen LogP contribution in [0.4, 0.5) is 9.18 Å². The van der Waals surface area contributed by atoms with E-state index < -0.39 is 11.7 Å². The van der Waals surface area contributed by atoms with Crippen molar-refractivity contribution in [2.45, 2.75) is 64.5 Å². The maximum Gasteiger partial charge on any atom is 0.407 e. The van der Waals surface area contributed by atoms with Crippen LogP contribution in [0.3, 0.4) is 0 Å². The molecule has 3 heterocycles. The number of nitrogens with one attached hydrogen (secondary N) is 2. The number of piperidine rings is 1. The number of aryl methyl sites for hydroxylation is 1. The summed E-state index contributed by atoms with van der Waals surface area (Å²) in [6.07, 6.45) is 2.13. The van der Waals surface area contributed by atoms with Crippen molar-refractivity contribution in [2.24, 2.45) is 0 Å². The number of benzene rings is 1. The van der Waals surface area contributed by atoms with Crippen LogP contribution in [0.15, 0.2) is 24.3 Å². The van der Waals surface area contributed by atoms with Gasteiger partial charge in [0, 0.05) is 18.0 Å². The van der Waals surface area contributed by atoms with Crippen molar-refractivity contribution in [1.29, 1.82) is 0 Å². The number of carbonyl (C=O) groups is 2. The predicted octanol–water partition coefficient (Wildman–Crippen LogP) is 5.07. The Morgan fingerprint density at radius 1 is 1.18 bits per heavy atom. The van der Waals surface area contributed by atoms with Gasteiger partial charge in [-0.1, -0.05) is 12.1 Å². The molecule has 184 valence electrons. The minimum atomic E-state index is -0.562. The molecule has 2 amide bonds. The third kappa shape index (κ3) is 5.78. The molecule has 2 saturated heterocycles. The first-order valence-electron chi connectivity index (χ1n) is 12.0. The highest BCUT2D eigenvalue weighted by atomic mass is 32.1. The lowest BCUT2D eigenvalue weighted by atomic mass is 9.89. The summed E-state index contributed by atoms with van der Waals surface area (Å²) in [4.78, 5) is 28.6. The molecule has 0 radical (unpaired) electrons.